The molecule has 1 aromatic carbocycles. The van der Waals surface area contributed by atoms with Gasteiger partial charge in [-0.2, -0.15) is 13.2 Å². The second-order valence-corrected chi connectivity index (χ2v) is 6.10. The van der Waals surface area contributed by atoms with Crippen LogP contribution in [0.1, 0.15) is 43.7 Å². The Bertz CT molecular complexity index is 447. The highest BCUT2D eigenvalue weighted by Gasteiger charge is 2.36. The van der Waals surface area contributed by atoms with Crippen molar-refractivity contribution in [2.24, 2.45) is 5.41 Å². The van der Waals surface area contributed by atoms with Crippen LogP contribution in [0.15, 0.2) is 24.3 Å². The minimum absolute atomic E-state index is 0.197. The topological polar surface area (TPSA) is 12.0 Å². The van der Waals surface area contributed by atoms with Gasteiger partial charge in [0.25, 0.3) is 0 Å². The predicted octanol–water partition coefficient (Wildman–Crippen LogP) is 4.42. The van der Waals surface area contributed by atoms with E-state index in [1.165, 1.54) is 25.0 Å². The van der Waals surface area contributed by atoms with Crippen molar-refractivity contribution in [1.82, 2.24) is 5.32 Å². The van der Waals surface area contributed by atoms with Crippen LogP contribution in [0.5, 0.6) is 0 Å². The Kier molecular flexibility index (Phi) is 4.43. The van der Waals surface area contributed by atoms with Crippen molar-refractivity contribution in [2.45, 2.75) is 51.2 Å². The second kappa shape index (κ2) is 5.76. The van der Waals surface area contributed by atoms with Crippen LogP contribution in [-0.2, 0) is 12.6 Å². The third-order valence-corrected chi connectivity index (χ3v) is 4.63. The van der Waals surface area contributed by atoms with Crippen molar-refractivity contribution in [2.75, 3.05) is 7.05 Å². The number of alkyl halides is 3. The van der Waals surface area contributed by atoms with Crippen molar-refractivity contribution >= 4 is 0 Å². The molecule has 1 nitrogen and oxygen atoms in total. The molecule has 1 atom stereocenters. The van der Waals surface area contributed by atoms with Crippen LogP contribution in [0.2, 0.25) is 0 Å². The van der Waals surface area contributed by atoms with Crippen molar-refractivity contribution in [3.8, 4) is 0 Å². The lowest BCUT2D eigenvalue weighted by atomic mass is 9.78. The average molecular weight is 285 g/mol. The average Bonchev–Trinajstić information content (AvgIpc) is 2.83. The van der Waals surface area contributed by atoms with Gasteiger partial charge in [-0.15, -0.1) is 0 Å². The number of hydrogen-bond donors (Lipinski definition) is 1. The van der Waals surface area contributed by atoms with Gasteiger partial charge in [0.15, 0.2) is 0 Å². The Morgan fingerprint density at radius 2 is 1.90 bits per heavy atom. The van der Waals surface area contributed by atoms with Crippen molar-refractivity contribution < 1.29 is 13.2 Å². The Balaban J connectivity index is 2.16. The van der Waals surface area contributed by atoms with Crippen LogP contribution in [0.4, 0.5) is 13.2 Å². The normalized spacial score (nSPS) is 20.1. The maximum atomic E-state index is 12.7. The van der Waals surface area contributed by atoms with Crippen LogP contribution in [0, 0.1) is 5.41 Å². The van der Waals surface area contributed by atoms with Gasteiger partial charge < -0.3 is 5.32 Å². The second-order valence-electron chi connectivity index (χ2n) is 6.10. The van der Waals surface area contributed by atoms with E-state index in [2.05, 4.69) is 12.2 Å². The zero-order valence-corrected chi connectivity index (χ0v) is 12.1. The molecule has 0 heterocycles. The fourth-order valence-corrected chi connectivity index (χ4v) is 3.34. The largest absolute Gasteiger partial charge is 0.416 e. The van der Waals surface area contributed by atoms with Gasteiger partial charge in [-0.25, -0.2) is 0 Å². The maximum absolute atomic E-state index is 12.7. The lowest BCUT2D eigenvalue weighted by Crippen LogP contribution is -2.41. The van der Waals surface area contributed by atoms with E-state index in [9.17, 15) is 13.2 Å². The molecule has 0 spiro atoms. The molecule has 1 aliphatic carbocycles. The van der Waals surface area contributed by atoms with Crippen LogP contribution >= 0.6 is 0 Å². The summed E-state index contributed by atoms with van der Waals surface area (Å²) >= 11 is 0. The molecule has 0 amide bonds. The van der Waals surface area contributed by atoms with E-state index in [1.54, 1.807) is 6.07 Å². The van der Waals surface area contributed by atoms with E-state index in [0.717, 1.165) is 24.5 Å². The summed E-state index contributed by atoms with van der Waals surface area (Å²) in [5.41, 5.74) is 0.400. The first-order valence-corrected chi connectivity index (χ1v) is 7.18. The fraction of sp³-hybridized carbons (Fsp3) is 0.625. The highest BCUT2D eigenvalue weighted by molar-refractivity contribution is 5.26. The summed E-state index contributed by atoms with van der Waals surface area (Å²) in [6, 6.07) is 5.94. The van der Waals surface area contributed by atoms with Crippen LogP contribution in [0.25, 0.3) is 0 Å². The molecule has 20 heavy (non-hydrogen) atoms. The van der Waals surface area contributed by atoms with Crippen molar-refractivity contribution in [1.29, 1.82) is 0 Å². The van der Waals surface area contributed by atoms with Gasteiger partial charge in [-0.1, -0.05) is 38.0 Å². The zero-order chi connectivity index (χ0) is 14.8. The molecule has 1 unspecified atom stereocenters. The number of likely N-dealkylation sites (N-methyl/N-ethyl adjacent to an activating group) is 1. The predicted molar refractivity (Wildman–Crippen MR) is 74.6 cm³/mol. The SMILES string of the molecule is CNC(Cc1cccc(C(F)(F)F)c1)C1(C)CCCC1. The lowest BCUT2D eigenvalue weighted by Gasteiger charge is -2.34. The molecule has 0 radical (unpaired) electrons. The summed E-state index contributed by atoms with van der Waals surface area (Å²) in [5.74, 6) is 0. The molecule has 1 fully saturated rings. The summed E-state index contributed by atoms with van der Waals surface area (Å²) in [5, 5.41) is 3.31. The van der Waals surface area contributed by atoms with Gasteiger partial charge in [0, 0.05) is 6.04 Å². The van der Waals surface area contributed by atoms with E-state index < -0.39 is 11.7 Å². The monoisotopic (exact) mass is 285 g/mol. The molecule has 0 saturated heterocycles. The van der Waals surface area contributed by atoms with Crippen LogP contribution in [0.3, 0.4) is 0 Å². The molecular weight excluding hydrogens is 263 g/mol. The minimum atomic E-state index is -4.26. The Morgan fingerprint density at radius 3 is 2.45 bits per heavy atom. The molecule has 112 valence electrons. The van der Waals surface area contributed by atoms with E-state index >= 15 is 0 Å². The number of halogens is 3. The summed E-state index contributed by atoms with van der Waals surface area (Å²) in [6.45, 7) is 2.24. The maximum Gasteiger partial charge on any atom is 0.416 e. The van der Waals surface area contributed by atoms with Gasteiger partial charge >= 0.3 is 6.18 Å². The zero-order valence-electron chi connectivity index (χ0n) is 12.1. The quantitative estimate of drug-likeness (QED) is 0.863. The summed E-state index contributed by atoms with van der Waals surface area (Å²) in [7, 11) is 1.90. The minimum Gasteiger partial charge on any atom is -0.316 e. The molecular formula is C16H22F3N. The smallest absolute Gasteiger partial charge is 0.316 e. The van der Waals surface area contributed by atoms with E-state index in [-0.39, 0.29) is 11.5 Å². The van der Waals surface area contributed by atoms with Crippen LogP contribution < -0.4 is 5.32 Å². The van der Waals surface area contributed by atoms with Crippen LogP contribution in [-0.4, -0.2) is 13.1 Å². The summed E-state index contributed by atoms with van der Waals surface area (Å²) in [6.07, 6.45) is 1.13. The molecule has 1 aliphatic rings. The van der Waals surface area contributed by atoms with Gasteiger partial charge in [-0.05, 0) is 43.4 Å². The number of rotatable bonds is 4. The highest BCUT2D eigenvalue weighted by atomic mass is 19.4. The first-order valence-electron chi connectivity index (χ1n) is 7.18. The Hall–Kier alpha value is -1.03. The molecule has 2 rings (SSSR count). The standard InChI is InChI=1S/C16H22F3N/c1-15(8-3-4-9-15)14(20-2)11-12-6-5-7-13(10-12)16(17,18)19/h5-7,10,14,20H,3-4,8-9,11H2,1-2H3. The third-order valence-electron chi connectivity index (χ3n) is 4.63. The highest BCUT2D eigenvalue weighted by Crippen LogP contribution is 2.41. The molecule has 0 aromatic heterocycles. The number of benzene rings is 1. The molecule has 0 bridgehead atoms. The molecule has 0 aliphatic heterocycles. The molecule has 4 heteroatoms. The molecule has 1 N–H and O–H groups in total. The Morgan fingerprint density at radius 1 is 1.25 bits per heavy atom. The summed E-state index contributed by atoms with van der Waals surface area (Å²) < 4.78 is 38.2. The van der Waals surface area contributed by atoms with Gasteiger partial charge in [0.1, 0.15) is 0 Å². The van der Waals surface area contributed by atoms with Gasteiger partial charge in [-0.3, -0.25) is 0 Å². The van der Waals surface area contributed by atoms with Gasteiger partial charge in [0.05, 0.1) is 5.56 Å². The van der Waals surface area contributed by atoms with E-state index in [0.29, 0.717) is 6.42 Å². The van der Waals surface area contributed by atoms with Gasteiger partial charge in [0.2, 0.25) is 0 Å². The van der Waals surface area contributed by atoms with E-state index in [4.69, 9.17) is 0 Å². The third kappa shape index (κ3) is 3.35. The lowest BCUT2D eigenvalue weighted by molar-refractivity contribution is -0.137. The first kappa shape index (κ1) is 15.4. The Labute approximate surface area is 118 Å². The number of hydrogen-bond acceptors (Lipinski definition) is 1. The molecule has 1 aromatic rings. The molecule has 1 saturated carbocycles. The van der Waals surface area contributed by atoms with Crippen molar-refractivity contribution in [3.63, 3.8) is 0 Å². The number of nitrogens with one attached hydrogen (secondary N) is 1. The fourth-order valence-electron chi connectivity index (χ4n) is 3.34. The first-order chi connectivity index (χ1) is 9.35. The van der Waals surface area contributed by atoms with Crippen molar-refractivity contribution in [3.05, 3.63) is 35.4 Å². The summed E-state index contributed by atoms with van der Waals surface area (Å²) in [4.78, 5) is 0. The van der Waals surface area contributed by atoms with E-state index in [1.807, 2.05) is 7.05 Å².